The van der Waals surface area contributed by atoms with Gasteiger partial charge in [0.25, 0.3) is 0 Å². The summed E-state index contributed by atoms with van der Waals surface area (Å²) in [6.07, 6.45) is 0.589. The zero-order valence-electron chi connectivity index (χ0n) is 8.93. The van der Waals surface area contributed by atoms with Crippen LogP contribution in [0.4, 0.5) is 0 Å². The van der Waals surface area contributed by atoms with Crippen LogP contribution in [0.25, 0.3) is 0 Å². The lowest BCUT2D eigenvalue weighted by molar-refractivity contribution is -0.306. The van der Waals surface area contributed by atoms with E-state index in [-0.39, 0.29) is 13.2 Å². The van der Waals surface area contributed by atoms with Crippen LogP contribution in [0.2, 0.25) is 0 Å². The summed E-state index contributed by atoms with van der Waals surface area (Å²) in [5, 5.41) is 10.2. The maximum absolute atomic E-state index is 11.1. The molecule has 0 spiro atoms. The molecule has 0 heterocycles. The lowest BCUT2D eigenvalue weighted by atomic mass is 10.1. The number of carboxylic acids is 1. The van der Waals surface area contributed by atoms with Gasteiger partial charge in [0.05, 0.1) is 5.92 Å². The molecule has 0 aliphatic rings. The Bertz CT molecular complexity index is 283. The first-order valence-corrected chi connectivity index (χ1v) is 4.63. The third-order valence-electron chi connectivity index (χ3n) is 1.61. The van der Waals surface area contributed by atoms with Gasteiger partial charge < -0.3 is 19.4 Å². The molecule has 16 heavy (non-hydrogen) atoms. The summed E-state index contributed by atoms with van der Waals surface area (Å²) in [5.74, 6) is -3.37. The Morgan fingerprint density at radius 1 is 1.31 bits per heavy atom. The van der Waals surface area contributed by atoms with E-state index in [9.17, 15) is 19.5 Å². The molecule has 0 radical (unpaired) electrons. The predicted octanol–water partition coefficient (Wildman–Crippen LogP) is -0.965. The van der Waals surface area contributed by atoms with Crippen molar-refractivity contribution in [2.45, 2.75) is 13.3 Å². The Hall–Kier alpha value is -1.85. The van der Waals surface area contributed by atoms with Gasteiger partial charge in [-0.2, -0.15) is 0 Å². The highest BCUT2D eigenvalue weighted by atomic mass is 16.6. The number of hydrogen-bond acceptors (Lipinski definition) is 6. The number of aliphatic carboxylic acids is 1. The van der Waals surface area contributed by atoms with E-state index in [0.717, 1.165) is 6.08 Å². The summed E-state index contributed by atoms with van der Waals surface area (Å²) in [7, 11) is 0. The van der Waals surface area contributed by atoms with Crippen LogP contribution in [0.3, 0.4) is 0 Å². The van der Waals surface area contributed by atoms with Gasteiger partial charge in [0, 0.05) is 12.0 Å². The highest BCUT2D eigenvalue weighted by Crippen LogP contribution is 2.03. The normalized spacial score (nSPS) is 11.3. The fourth-order valence-corrected chi connectivity index (χ4v) is 0.819. The molecule has 0 rings (SSSR count). The molecule has 0 aromatic carbocycles. The smallest absolute Gasteiger partial charge is 0.330 e. The zero-order chi connectivity index (χ0) is 12.6. The molecule has 0 saturated heterocycles. The van der Waals surface area contributed by atoms with Crippen molar-refractivity contribution in [3.8, 4) is 0 Å². The third kappa shape index (κ3) is 6.58. The fraction of sp³-hybridized carbons (Fsp3) is 0.500. The van der Waals surface area contributed by atoms with Crippen molar-refractivity contribution >= 4 is 17.9 Å². The zero-order valence-corrected chi connectivity index (χ0v) is 8.93. The molecule has 6 nitrogen and oxygen atoms in total. The van der Waals surface area contributed by atoms with Crippen molar-refractivity contribution in [3.05, 3.63) is 12.7 Å². The van der Waals surface area contributed by atoms with Crippen LogP contribution in [0.5, 0.6) is 0 Å². The first kappa shape index (κ1) is 14.2. The van der Waals surface area contributed by atoms with Gasteiger partial charge >= 0.3 is 11.9 Å². The number of carbonyl (C=O) groups excluding carboxylic acids is 3. The molecule has 0 aromatic heterocycles. The maximum atomic E-state index is 11.1. The van der Waals surface area contributed by atoms with Crippen LogP contribution in [0, 0.1) is 5.92 Å². The Kier molecular flexibility index (Phi) is 6.58. The summed E-state index contributed by atoms with van der Waals surface area (Å²) in [6, 6.07) is 0. The van der Waals surface area contributed by atoms with Crippen LogP contribution in [0.1, 0.15) is 13.3 Å². The molecule has 0 saturated carbocycles. The molecule has 1 unspecified atom stereocenters. The summed E-state index contributed by atoms with van der Waals surface area (Å²) in [5.41, 5.74) is 0. The van der Waals surface area contributed by atoms with Crippen molar-refractivity contribution in [2.24, 2.45) is 5.92 Å². The van der Waals surface area contributed by atoms with Crippen LogP contribution in [-0.4, -0.2) is 31.1 Å². The second-order valence-corrected chi connectivity index (χ2v) is 3.02. The molecule has 1 atom stereocenters. The topological polar surface area (TPSA) is 92.7 Å². The molecule has 0 fully saturated rings. The van der Waals surface area contributed by atoms with E-state index in [1.165, 1.54) is 6.92 Å². The molecule has 6 heteroatoms. The Labute approximate surface area is 92.8 Å². The summed E-state index contributed by atoms with van der Waals surface area (Å²) in [6.45, 7) is 4.39. The minimum absolute atomic E-state index is 0.0887. The van der Waals surface area contributed by atoms with Gasteiger partial charge in [0.1, 0.15) is 13.2 Å². The van der Waals surface area contributed by atoms with Crippen molar-refractivity contribution in [1.82, 2.24) is 0 Å². The quantitative estimate of drug-likeness (QED) is 0.317. The summed E-state index contributed by atoms with van der Waals surface area (Å²) < 4.78 is 9.20. The van der Waals surface area contributed by atoms with E-state index in [2.05, 4.69) is 16.1 Å². The molecule has 0 bridgehead atoms. The lowest BCUT2D eigenvalue weighted by Crippen LogP contribution is -2.28. The van der Waals surface area contributed by atoms with Gasteiger partial charge in [-0.05, 0) is 6.42 Å². The van der Waals surface area contributed by atoms with Crippen molar-refractivity contribution in [2.75, 3.05) is 13.2 Å². The van der Waals surface area contributed by atoms with Gasteiger partial charge in [0.15, 0.2) is 0 Å². The predicted molar refractivity (Wildman–Crippen MR) is 50.9 cm³/mol. The lowest BCUT2D eigenvalue weighted by Gasteiger charge is -2.11. The van der Waals surface area contributed by atoms with Gasteiger partial charge in [-0.25, -0.2) is 4.79 Å². The number of esters is 2. The molecule has 90 valence electrons. The second-order valence-electron chi connectivity index (χ2n) is 3.02. The number of ether oxygens (including phenoxy) is 2. The average Bonchev–Trinajstić information content (AvgIpc) is 2.22. The van der Waals surface area contributed by atoms with Crippen LogP contribution in [0.15, 0.2) is 12.7 Å². The Morgan fingerprint density at radius 2 is 1.88 bits per heavy atom. The molecular weight excluding hydrogens is 216 g/mol. The van der Waals surface area contributed by atoms with Crippen LogP contribution >= 0.6 is 0 Å². The van der Waals surface area contributed by atoms with E-state index in [1.807, 2.05) is 0 Å². The van der Waals surface area contributed by atoms with E-state index >= 15 is 0 Å². The molecule has 0 aliphatic carbocycles. The van der Waals surface area contributed by atoms with Crippen molar-refractivity contribution < 1.29 is 29.0 Å². The first-order chi connectivity index (χ1) is 7.47. The number of hydrogen-bond donors (Lipinski definition) is 0. The Balaban J connectivity index is 3.68. The van der Waals surface area contributed by atoms with Gasteiger partial charge in [0.2, 0.25) is 0 Å². The molecular formula is C10H13O6-. The van der Waals surface area contributed by atoms with Crippen LogP contribution in [-0.2, 0) is 23.9 Å². The fourth-order valence-electron chi connectivity index (χ4n) is 0.819. The minimum atomic E-state index is -1.32. The highest BCUT2D eigenvalue weighted by molar-refractivity contribution is 5.81. The Morgan fingerprint density at radius 3 is 2.38 bits per heavy atom. The second kappa shape index (κ2) is 7.44. The standard InChI is InChI=1S/C10H14O6/c1-3-9(13)15-4-5-16-10(14)7(2)6-8(11)12/h3,7H,1,4-6H2,2H3,(H,11,12)/p-1. The molecule has 0 aliphatic heterocycles. The number of rotatable bonds is 7. The third-order valence-corrected chi connectivity index (χ3v) is 1.61. The molecule has 0 N–H and O–H groups in total. The molecule has 0 amide bonds. The number of carboxylic acid groups (broad SMARTS) is 1. The number of carbonyl (C=O) groups is 3. The highest BCUT2D eigenvalue weighted by Gasteiger charge is 2.14. The van der Waals surface area contributed by atoms with E-state index in [0.29, 0.717) is 0 Å². The van der Waals surface area contributed by atoms with Gasteiger partial charge in [-0.1, -0.05) is 13.5 Å². The minimum Gasteiger partial charge on any atom is -0.550 e. The monoisotopic (exact) mass is 229 g/mol. The van der Waals surface area contributed by atoms with E-state index in [1.54, 1.807) is 0 Å². The van der Waals surface area contributed by atoms with Gasteiger partial charge in [-0.3, -0.25) is 4.79 Å². The van der Waals surface area contributed by atoms with E-state index in [4.69, 9.17) is 0 Å². The van der Waals surface area contributed by atoms with Crippen LogP contribution < -0.4 is 5.11 Å². The van der Waals surface area contributed by atoms with Gasteiger partial charge in [-0.15, -0.1) is 0 Å². The van der Waals surface area contributed by atoms with E-state index < -0.39 is 30.2 Å². The summed E-state index contributed by atoms with van der Waals surface area (Å²) >= 11 is 0. The SMILES string of the molecule is C=CC(=O)OCCOC(=O)C(C)CC(=O)[O-]. The largest absolute Gasteiger partial charge is 0.550 e. The van der Waals surface area contributed by atoms with Crippen molar-refractivity contribution in [1.29, 1.82) is 0 Å². The average molecular weight is 229 g/mol. The summed E-state index contributed by atoms with van der Waals surface area (Å²) in [4.78, 5) is 31.9. The van der Waals surface area contributed by atoms with Crippen molar-refractivity contribution in [3.63, 3.8) is 0 Å². The first-order valence-electron chi connectivity index (χ1n) is 4.63. The molecule has 0 aromatic rings. The maximum Gasteiger partial charge on any atom is 0.330 e.